The van der Waals surface area contributed by atoms with Crippen LogP contribution >= 0.6 is 0 Å². The number of nitrogens with one attached hydrogen (secondary N) is 1. The van der Waals surface area contributed by atoms with Crippen molar-refractivity contribution in [3.63, 3.8) is 0 Å². The molecule has 0 amide bonds. The van der Waals surface area contributed by atoms with Gasteiger partial charge in [0, 0.05) is 25.3 Å². The highest BCUT2D eigenvalue weighted by Crippen LogP contribution is 2.28. The van der Waals surface area contributed by atoms with E-state index in [1.54, 1.807) is 12.1 Å². The van der Waals surface area contributed by atoms with Gasteiger partial charge in [0.15, 0.2) is 0 Å². The van der Waals surface area contributed by atoms with Crippen molar-refractivity contribution in [2.45, 2.75) is 51.6 Å². The molecule has 3 heteroatoms. The fourth-order valence-corrected chi connectivity index (χ4v) is 2.96. The lowest BCUT2D eigenvalue weighted by atomic mass is 9.93. The summed E-state index contributed by atoms with van der Waals surface area (Å²) in [6, 6.07) is 5.78. The Labute approximate surface area is 116 Å². The molecule has 0 aromatic heterocycles. The standard InChI is InChI=1S/C16H25FN2/c1-3-18-12-13-11-14(17)9-10-16(13)19(2)15-7-5-4-6-8-15/h9-11,15,18H,3-8,12H2,1-2H3. The van der Waals surface area contributed by atoms with Crippen molar-refractivity contribution in [1.82, 2.24) is 5.32 Å². The number of anilines is 1. The number of nitrogens with zero attached hydrogens (tertiary/aromatic N) is 1. The molecular weight excluding hydrogens is 239 g/mol. The fraction of sp³-hybridized carbons (Fsp3) is 0.625. The van der Waals surface area contributed by atoms with Gasteiger partial charge in [-0.25, -0.2) is 4.39 Å². The van der Waals surface area contributed by atoms with Crippen LogP contribution in [0.15, 0.2) is 18.2 Å². The molecule has 19 heavy (non-hydrogen) atoms. The van der Waals surface area contributed by atoms with E-state index >= 15 is 0 Å². The molecule has 2 rings (SSSR count). The maximum atomic E-state index is 13.4. The van der Waals surface area contributed by atoms with Crippen LogP contribution in [-0.4, -0.2) is 19.6 Å². The van der Waals surface area contributed by atoms with Crippen LogP contribution in [0, 0.1) is 5.82 Å². The lowest BCUT2D eigenvalue weighted by Crippen LogP contribution is -2.34. The van der Waals surface area contributed by atoms with Crippen molar-refractivity contribution < 1.29 is 4.39 Å². The molecule has 1 aliphatic rings. The van der Waals surface area contributed by atoms with E-state index < -0.39 is 0 Å². The number of hydrogen-bond acceptors (Lipinski definition) is 2. The van der Waals surface area contributed by atoms with E-state index in [0.717, 1.165) is 18.7 Å². The topological polar surface area (TPSA) is 15.3 Å². The fourth-order valence-electron chi connectivity index (χ4n) is 2.96. The molecule has 1 fully saturated rings. The normalized spacial score (nSPS) is 16.6. The molecular formula is C16H25FN2. The van der Waals surface area contributed by atoms with Crippen molar-refractivity contribution in [2.24, 2.45) is 0 Å². The van der Waals surface area contributed by atoms with E-state index in [4.69, 9.17) is 0 Å². The van der Waals surface area contributed by atoms with E-state index in [2.05, 4.69) is 24.2 Å². The minimum absolute atomic E-state index is 0.145. The molecule has 1 N–H and O–H groups in total. The number of rotatable bonds is 5. The van der Waals surface area contributed by atoms with E-state index in [1.165, 1.54) is 37.8 Å². The third-order valence-electron chi connectivity index (χ3n) is 4.11. The van der Waals surface area contributed by atoms with Crippen LogP contribution < -0.4 is 10.2 Å². The molecule has 0 atom stereocenters. The van der Waals surface area contributed by atoms with Crippen molar-refractivity contribution >= 4 is 5.69 Å². The maximum absolute atomic E-state index is 13.4. The van der Waals surface area contributed by atoms with Gasteiger partial charge in [0.2, 0.25) is 0 Å². The summed E-state index contributed by atoms with van der Waals surface area (Å²) in [5.41, 5.74) is 2.24. The minimum Gasteiger partial charge on any atom is -0.371 e. The van der Waals surface area contributed by atoms with Crippen LogP contribution in [0.5, 0.6) is 0 Å². The first-order chi connectivity index (χ1) is 9.22. The Morgan fingerprint density at radius 2 is 2.00 bits per heavy atom. The summed E-state index contributed by atoms with van der Waals surface area (Å²) in [4.78, 5) is 2.35. The molecule has 0 saturated heterocycles. The zero-order valence-corrected chi connectivity index (χ0v) is 12.1. The molecule has 0 bridgehead atoms. The van der Waals surface area contributed by atoms with Gasteiger partial charge in [-0.1, -0.05) is 26.2 Å². The first-order valence-corrected chi connectivity index (χ1v) is 7.44. The highest BCUT2D eigenvalue weighted by atomic mass is 19.1. The second-order valence-electron chi connectivity index (χ2n) is 5.46. The van der Waals surface area contributed by atoms with Gasteiger partial charge in [-0.2, -0.15) is 0 Å². The molecule has 1 saturated carbocycles. The summed E-state index contributed by atoms with van der Waals surface area (Å²) in [5.74, 6) is -0.145. The van der Waals surface area contributed by atoms with Crippen LogP contribution in [0.1, 0.15) is 44.6 Å². The molecule has 106 valence electrons. The summed E-state index contributed by atoms with van der Waals surface area (Å²) in [7, 11) is 2.15. The predicted octanol–water partition coefficient (Wildman–Crippen LogP) is 3.70. The largest absolute Gasteiger partial charge is 0.371 e. The van der Waals surface area contributed by atoms with Crippen molar-refractivity contribution in [3.8, 4) is 0 Å². The monoisotopic (exact) mass is 264 g/mol. The van der Waals surface area contributed by atoms with Crippen molar-refractivity contribution in [2.75, 3.05) is 18.5 Å². The first kappa shape index (κ1) is 14.3. The van der Waals surface area contributed by atoms with Crippen LogP contribution in [0.25, 0.3) is 0 Å². The number of hydrogen-bond donors (Lipinski definition) is 1. The molecule has 1 aliphatic carbocycles. The molecule has 1 aromatic carbocycles. The summed E-state index contributed by atoms with van der Waals surface area (Å²) in [6.07, 6.45) is 6.51. The predicted molar refractivity (Wildman–Crippen MR) is 79.1 cm³/mol. The third-order valence-corrected chi connectivity index (χ3v) is 4.11. The van der Waals surface area contributed by atoms with Crippen LogP contribution in [-0.2, 0) is 6.54 Å². The third kappa shape index (κ3) is 3.69. The Hall–Kier alpha value is -1.09. The van der Waals surface area contributed by atoms with E-state index in [9.17, 15) is 4.39 Å². The summed E-state index contributed by atoms with van der Waals surface area (Å²) >= 11 is 0. The molecule has 0 aliphatic heterocycles. The zero-order chi connectivity index (χ0) is 13.7. The molecule has 0 unspecified atom stereocenters. The highest BCUT2D eigenvalue weighted by Gasteiger charge is 2.20. The molecule has 0 spiro atoms. The average molecular weight is 264 g/mol. The average Bonchev–Trinajstić information content (AvgIpc) is 2.45. The second-order valence-corrected chi connectivity index (χ2v) is 5.46. The van der Waals surface area contributed by atoms with E-state index in [1.807, 2.05) is 6.07 Å². The smallest absolute Gasteiger partial charge is 0.123 e. The lowest BCUT2D eigenvalue weighted by molar-refractivity contribution is 0.427. The maximum Gasteiger partial charge on any atom is 0.123 e. The van der Waals surface area contributed by atoms with Gasteiger partial charge in [-0.05, 0) is 43.1 Å². The van der Waals surface area contributed by atoms with Gasteiger partial charge in [-0.15, -0.1) is 0 Å². The Morgan fingerprint density at radius 1 is 1.26 bits per heavy atom. The molecule has 2 nitrogen and oxygen atoms in total. The number of benzene rings is 1. The Balaban J connectivity index is 2.16. The quantitative estimate of drug-likeness (QED) is 0.872. The highest BCUT2D eigenvalue weighted by molar-refractivity contribution is 5.54. The van der Waals surface area contributed by atoms with Gasteiger partial charge < -0.3 is 10.2 Å². The van der Waals surface area contributed by atoms with Gasteiger partial charge in [0.05, 0.1) is 0 Å². The minimum atomic E-state index is -0.145. The molecule has 0 heterocycles. The van der Waals surface area contributed by atoms with Gasteiger partial charge in [-0.3, -0.25) is 0 Å². The van der Waals surface area contributed by atoms with Gasteiger partial charge in [0.25, 0.3) is 0 Å². The molecule has 1 aromatic rings. The summed E-state index contributed by atoms with van der Waals surface area (Å²) in [5, 5.41) is 3.30. The Bertz CT molecular complexity index is 400. The van der Waals surface area contributed by atoms with E-state index in [-0.39, 0.29) is 5.82 Å². The SMILES string of the molecule is CCNCc1cc(F)ccc1N(C)C1CCCCC1. The Kier molecular flexibility index (Phi) is 5.20. The van der Waals surface area contributed by atoms with Gasteiger partial charge in [0.1, 0.15) is 5.82 Å². The Morgan fingerprint density at radius 3 is 2.68 bits per heavy atom. The lowest BCUT2D eigenvalue weighted by Gasteiger charge is -2.34. The van der Waals surface area contributed by atoms with Gasteiger partial charge >= 0.3 is 0 Å². The first-order valence-electron chi connectivity index (χ1n) is 7.44. The van der Waals surface area contributed by atoms with Crippen LogP contribution in [0.3, 0.4) is 0 Å². The van der Waals surface area contributed by atoms with Crippen molar-refractivity contribution in [1.29, 1.82) is 0 Å². The summed E-state index contributed by atoms with van der Waals surface area (Å²) in [6.45, 7) is 3.72. The zero-order valence-electron chi connectivity index (χ0n) is 12.1. The van der Waals surface area contributed by atoms with E-state index in [0.29, 0.717) is 6.04 Å². The van der Waals surface area contributed by atoms with Crippen LogP contribution in [0.4, 0.5) is 10.1 Å². The summed E-state index contributed by atoms with van der Waals surface area (Å²) < 4.78 is 13.4. The molecule has 0 radical (unpaired) electrons. The second kappa shape index (κ2) is 6.90. The van der Waals surface area contributed by atoms with Crippen LogP contribution in [0.2, 0.25) is 0 Å². The van der Waals surface area contributed by atoms with Crippen molar-refractivity contribution in [3.05, 3.63) is 29.6 Å². The number of halogens is 1.